The number of aromatic amines is 1. The molecule has 0 spiro atoms. The second-order valence-electron chi connectivity index (χ2n) is 3.28. The van der Waals surface area contributed by atoms with Gasteiger partial charge in [0.15, 0.2) is 0 Å². The van der Waals surface area contributed by atoms with Gasteiger partial charge in [-0.1, -0.05) is 17.7 Å². The van der Waals surface area contributed by atoms with E-state index in [1.165, 1.54) is 18.2 Å². The Morgan fingerprint density at radius 2 is 2.40 bits per heavy atom. The fraction of sp³-hybridized carbons (Fsp3) is 0. The highest BCUT2D eigenvalue weighted by Gasteiger charge is 2.19. The van der Waals surface area contributed by atoms with Crippen molar-refractivity contribution in [3.8, 4) is 0 Å². The molecule has 1 heterocycles. The van der Waals surface area contributed by atoms with Gasteiger partial charge in [0.2, 0.25) is 11.1 Å². The van der Waals surface area contributed by atoms with Crippen LogP contribution in [0.25, 0.3) is 0 Å². The summed E-state index contributed by atoms with van der Waals surface area (Å²) in [5.74, 6) is 0.128. The first-order valence-electron chi connectivity index (χ1n) is 5.07. The predicted octanol–water partition coefficient (Wildman–Crippen LogP) is 2.16. The maximum atomic E-state index is 10.9. The van der Waals surface area contributed by atoms with Gasteiger partial charge in [0.05, 0.1) is 9.95 Å². The smallest absolute Gasteiger partial charge is 0.284 e. The van der Waals surface area contributed by atoms with Crippen LogP contribution in [0.1, 0.15) is 0 Å². The van der Waals surface area contributed by atoms with Crippen LogP contribution < -0.4 is 5.48 Å². The van der Waals surface area contributed by atoms with Crippen LogP contribution in [-0.2, 0) is 0 Å². The number of rotatable bonds is 5. The topological polar surface area (TPSA) is 129 Å². The summed E-state index contributed by atoms with van der Waals surface area (Å²) in [6.07, 6.45) is 0.993. The summed E-state index contributed by atoms with van der Waals surface area (Å²) < 4.78 is 0. The molecule has 1 aromatic heterocycles. The lowest BCUT2D eigenvalue weighted by Gasteiger charge is -2.01. The zero-order valence-corrected chi connectivity index (χ0v) is 11.2. The van der Waals surface area contributed by atoms with Crippen molar-refractivity contribution in [3.05, 3.63) is 33.3 Å². The summed E-state index contributed by atoms with van der Waals surface area (Å²) in [7, 11) is 0. The van der Waals surface area contributed by atoms with Crippen molar-refractivity contribution in [1.29, 1.82) is 0 Å². The molecule has 0 saturated heterocycles. The number of benzene rings is 1. The van der Waals surface area contributed by atoms with Crippen LogP contribution in [-0.4, -0.2) is 31.7 Å². The van der Waals surface area contributed by atoms with Crippen LogP contribution in [0.3, 0.4) is 0 Å². The van der Waals surface area contributed by atoms with Crippen LogP contribution in [0.2, 0.25) is 5.02 Å². The fourth-order valence-corrected chi connectivity index (χ4v) is 2.37. The van der Waals surface area contributed by atoms with Gasteiger partial charge in [-0.05, 0) is 17.8 Å². The van der Waals surface area contributed by atoms with E-state index in [1.807, 2.05) is 0 Å². The second kappa shape index (κ2) is 6.32. The van der Waals surface area contributed by atoms with E-state index in [9.17, 15) is 10.1 Å². The molecule has 0 bridgehead atoms. The first-order valence-corrected chi connectivity index (χ1v) is 6.26. The number of hydrogen-bond acceptors (Lipinski definition) is 7. The van der Waals surface area contributed by atoms with Crippen LogP contribution in [0.5, 0.6) is 0 Å². The molecule has 0 radical (unpaired) electrons. The molecule has 3 N–H and O–H groups in total. The van der Waals surface area contributed by atoms with Gasteiger partial charge in [0, 0.05) is 6.07 Å². The number of nitro groups is 1. The highest BCUT2D eigenvalue weighted by atomic mass is 35.5. The number of hydroxylamine groups is 1. The lowest BCUT2D eigenvalue weighted by molar-refractivity contribution is -0.387. The van der Waals surface area contributed by atoms with E-state index in [1.54, 1.807) is 5.48 Å². The highest BCUT2D eigenvalue weighted by molar-refractivity contribution is 7.99. The Labute approximate surface area is 121 Å². The van der Waals surface area contributed by atoms with Crippen molar-refractivity contribution in [2.45, 2.75) is 10.1 Å². The third-order valence-electron chi connectivity index (χ3n) is 2.03. The van der Waals surface area contributed by atoms with Gasteiger partial charge in [-0.3, -0.25) is 20.8 Å². The van der Waals surface area contributed by atoms with Crippen molar-refractivity contribution in [2.24, 2.45) is 4.99 Å². The Morgan fingerprint density at radius 3 is 3.10 bits per heavy atom. The fourth-order valence-electron chi connectivity index (χ4n) is 1.27. The lowest BCUT2D eigenvalue weighted by atomic mass is 10.3. The summed E-state index contributed by atoms with van der Waals surface area (Å²) in [5, 5.41) is 26.0. The molecule has 9 nitrogen and oxygen atoms in total. The van der Waals surface area contributed by atoms with Gasteiger partial charge in [0.25, 0.3) is 5.69 Å². The molecule has 0 aliphatic rings. The van der Waals surface area contributed by atoms with Crippen molar-refractivity contribution < 1.29 is 10.1 Å². The summed E-state index contributed by atoms with van der Waals surface area (Å²) in [6.45, 7) is 0. The molecule has 2 rings (SSSR count). The Bertz CT molecular complexity index is 661. The maximum Gasteiger partial charge on any atom is 0.284 e. The molecule has 11 heteroatoms. The molecule has 2 aromatic rings. The number of hydrogen-bond donors (Lipinski definition) is 3. The Kier molecular flexibility index (Phi) is 4.50. The van der Waals surface area contributed by atoms with E-state index in [0.717, 1.165) is 18.1 Å². The van der Waals surface area contributed by atoms with Crippen LogP contribution in [0, 0.1) is 10.1 Å². The normalized spacial score (nSPS) is 10.9. The van der Waals surface area contributed by atoms with Crippen molar-refractivity contribution in [2.75, 3.05) is 0 Å². The van der Waals surface area contributed by atoms with Gasteiger partial charge in [-0.2, -0.15) is 4.98 Å². The minimum Gasteiger partial charge on any atom is -0.290 e. The maximum absolute atomic E-state index is 10.9. The molecule has 0 aliphatic carbocycles. The Hall–Kier alpha value is -2.17. The number of aliphatic imine (C=N–C) groups is 1. The number of nitrogens with zero attached hydrogens (tertiary/aromatic N) is 4. The van der Waals surface area contributed by atoms with E-state index < -0.39 is 4.92 Å². The molecule has 104 valence electrons. The molecule has 0 saturated carbocycles. The number of nitro benzene ring substituents is 1. The largest absolute Gasteiger partial charge is 0.290 e. The molecule has 0 aliphatic heterocycles. The number of halogens is 1. The molecular weight excluding hydrogens is 308 g/mol. The predicted molar refractivity (Wildman–Crippen MR) is 71.7 cm³/mol. The first kappa shape index (κ1) is 14.2. The molecular formula is C9H7ClN6O3S. The van der Waals surface area contributed by atoms with E-state index in [4.69, 9.17) is 16.8 Å². The monoisotopic (exact) mass is 314 g/mol. The third-order valence-corrected chi connectivity index (χ3v) is 3.46. The quantitative estimate of drug-likeness (QED) is 0.333. The van der Waals surface area contributed by atoms with E-state index in [0.29, 0.717) is 0 Å². The lowest BCUT2D eigenvalue weighted by Crippen LogP contribution is -2.01. The average Bonchev–Trinajstić information content (AvgIpc) is 2.86. The van der Waals surface area contributed by atoms with Crippen LogP contribution in [0.4, 0.5) is 11.6 Å². The molecule has 0 atom stereocenters. The van der Waals surface area contributed by atoms with E-state index in [-0.39, 0.29) is 26.7 Å². The van der Waals surface area contributed by atoms with Gasteiger partial charge in [-0.15, -0.1) is 5.10 Å². The average molecular weight is 315 g/mol. The molecule has 20 heavy (non-hydrogen) atoms. The third kappa shape index (κ3) is 3.23. The number of nitrogens with one attached hydrogen (secondary N) is 2. The Balaban J connectivity index is 2.28. The first-order chi connectivity index (χ1) is 9.61. The summed E-state index contributed by atoms with van der Waals surface area (Å²) in [5.41, 5.74) is 1.58. The number of aromatic nitrogens is 3. The zero-order valence-electron chi connectivity index (χ0n) is 9.65. The van der Waals surface area contributed by atoms with Crippen molar-refractivity contribution in [1.82, 2.24) is 20.7 Å². The van der Waals surface area contributed by atoms with Gasteiger partial charge in [-0.25, -0.2) is 10.1 Å². The van der Waals surface area contributed by atoms with Crippen molar-refractivity contribution in [3.63, 3.8) is 0 Å². The second-order valence-corrected chi connectivity index (χ2v) is 4.66. The molecule has 0 fully saturated rings. The van der Waals surface area contributed by atoms with E-state index >= 15 is 0 Å². The minimum absolute atomic E-state index is 0.128. The summed E-state index contributed by atoms with van der Waals surface area (Å²) in [4.78, 5) is 18.3. The van der Waals surface area contributed by atoms with Crippen LogP contribution in [0.15, 0.2) is 33.2 Å². The Morgan fingerprint density at radius 1 is 1.60 bits per heavy atom. The molecule has 0 amide bonds. The minimum atomic E-state index is -0.532. The SMILES string of the molecule is O=[N+]([O-])c1cccc(Cl)c1Sc1n[nH]c(/N=C/NO)n1. The zero-order chi connectivity index (χ0) is 14.5. The van der Waals surface area contributed by atoms with E-state index in [2.05, 4.69) is 20.2 Å². The number of H-pyrrole nitrogens is 1. The summed E-state index contributed by atoms with van der Waals surface area (Å²) in [6, 6.07) is 4.37. The van der Waals surface area contributed by atoms with Crippen molar-refractivity contribution >= 4 is 41.3 Å². The summed E-state index contributed by atoms with van der Waals surface area (Å²) >= 11 is 6.89. The standard InChI is InChI=1S/C9H7ClN6O3S/c10-5-2-1-3-6(16(18)19)7(5)20-9-13-8(14-15-9)11-4-12-17/h1-4,17H,(H2,11,12,13,14,15). The van der Waals surface area contributed by atoms with Gasteiger partial charge in [0.1, 0.15) is 11.2 Å². The van der Waals surface area contributed by atoms with Crippen LogP contribution >= 0.6 is 23.4 Å². The molecule has 1 aromatic carbocycles. The molecule has 0 unspecified atom stereocenters. The van der Waals surface area contributed by atoms with Gasteiger partial charge < -0.3 is 0 Å². The van der Waals surface area contributed by atoms with Gasteiger partial charge >= 0.3 is 0 Å². The highest BCUT2D eigenvalue weighted by Crippen LogP contribution is 2.38.